The number of hydrogen-bond acceptors (Lipinski definition) is 0. The van der Waals surface area contributed by atoms with Crippen LogP contribution in [0.1, 0.15) is 38.7 Å². The van der Waals surface area contributed by atoms with Crippen molar-refractivity contribution in [1.82, 2.24) is 0 Å². The molecule has 2 rings (SSSR count). The van der Waals surface area contributed by atoms with E-state index in [1.165, 1.54) is 30.4 Å². The summed E-state index contributed by atoms with van der Waals surface area (Å²) in [5.41, 5.74) is 3.12. The van der Waals surface area contributed by atoms with Gasteiger partial charge in [0.05, 0.1) is 0 Å². The molecular weight excluding hydrogens is 192 g/mol. The zero-order valence-electron chi connectivity index (χ0n) is 10.2. The molecule has 0 fully saturated rings. The molecule has 0 saturated heterocycles. The van der Waals surface area contributed by atoms with Gasteiger partial charge in [-0.15, -0.1) is 0 Å². The molecule has 0 amide bonds. The van der Waals surface area contributed by atoms with Crippen LogP contribution in [0.4, 0.5) is 0 Å². The maximum absolute atomic E-state index is 2.41. The lowest BCUT2D eigenvalue weighted by molar-refractivity contribution is 0.355. The van der Waals surface area contributed by atoms with E-state index in [1.807, 2.05) is 0 Å². The van der Waals surface area contributed by atoms with Crippen LogP contribution in [0.15, 0.2) is 48.6 Å². The lowest BCUT2D eigenvalue weighted by atomic mass is 9.75. The van der Waals surface area contributed by atoms with E-state index in [0.717, 1.165) is 0 Å². The monoisotopic (exact) mass is 212 g/mol. The Hall–Kier alpha value is -1.30. The van der Waals surface area contributed by atoms with Gasteiger partial charge >= 0.3 is 0 Å². The molecule has 0 radical (unpaired) electrons. The second-order valence-electron chi connectivity index (χ2n) is 4.63. The van der Waals surface area contributed by atoms with Gasteiger partial charge in [-0.2, -0.15) is 0 Å². The van der Waals surface area contributed by atoms with Crippen molar-refractivity contribution < 1.29 is 0 Å². The van der Waals surface area contributed by atoms with Crippen molar-refractivity contribution in [2.45, 2.75) is 33.1 Å². The molecule has 0 aliphatic heterocycles. The smallest absolute Gasteiger partial charge is 0.00853 e. The van der Waals surface area contributed by atoms with Gasteiger partial charge in [0.2, 0.25) is 0 Å². The molecule has 1 aromatic carbocycles. The summed E-state index contributed by atoms with van der Waals surface area (Å²) in [5, 5.41) is 0. The largest absolute Gasteiger partial charge is 0.0774 e. The van der Waals surface area contributed by atoms with Crippen LogP contribution in [-0.4, -0.2) is 0 Å². The average molecular weight is 212 g/mol. The van der Waals surface area contributed by atoms with Gasteiger partial charge < -0.3 is 0 Å². The van der Waals surface area contributed by atoms with E-state index in [0.29, 0.717) is 5.41 Å². The highest BCUT2D eigenvalue weighted by Gasteiger charge is 2.23. The van der Waals surface area contributed by atoms with Gasteiger partial charge in [0.1, 0.15) is 0 Å². The van der Waals surface area contributed by atoms with Crippen LogP contribution in [0.2, 0.25) is 0 Å². The van der Waals surface area contributed by atoms with Crippen molar-refractivity contribution in [3.05, 3.63) is 54.1 Å². The molecule has 1 aliphatic rings. The van der Waals surface area contributed by atoms with Crippen molar-refractivity contribution in [2.24, 2.45) is 5.41 Å². The van der Waals surface area contributed by atoms with Crippen molar-refractivity contribution >= 4 is 5.57 Å². The third-order valence-corrected chi connectivity index (χ3v) is 3.86. The molecule has 0 saturated carbocycles. The lowest BCUT2D eigenvalue weighted by Crippen LogP contribution is -2.16. The lowest BCUT2D eigenvalue weighted by Gasteiger charge is -2.30. The average Bonchev–Trinajstić information content (AvgIpc) is 2.40. The van der Waals surface area contributed by atoms with Crippen LogP contribution in [0, 0.1) is 5.41 Å². The summed E-state index contributed by atoms with van der Waals surface area (Å²) >= 11 is 0. The summed E-state index contributed by atoms with van der Waals surface area (Å²) < 4.78 is 0. The van der Waals surface area contributed by atoms with Crippen molar-refractivity contribution in [3.63, 3.8) is 0 Å². The minimum absolute atomic E-state index is 0.415. The van der Waals surface area contributed by atoms with Gasteiger partial charge in [0, 0.05) is 0 Å². The predicted molar refractivity (Wildman–Crippen MR) is 71.2 cm³/mol. The van der Waals surface area contributed by atoms with Crippen LogP contribution in [-0.2, 0) is 0 Å². The molecule has 0 heteroatoms. The Kier molecular flexibility index (Phi) is 3.28. The maximum atomic E-state index is 2.41. The fourth-order valence-corrected chi connectivity index (χ4v) is 2.33. The molecule has 0 spiro atoms. The Labute approximate surface area is 98.7 Å². The van der Waals surface area contributed by atoms with Crippen LogP contribution in [0.25, 0.3) is 5.57 Å². The Morgan fingerprint density at radius 2 is 1.75 bits per heavy atom. The van der Waals surface area contributed by atoms with E-state index in [9.17, 15) is 0 Å². The van der Waals surface area contributed by atoms with Crippen molar-refractivity contribution in [3.8, 4) is 0 Å². The zero-order chi connectivity index (χ0) is 11.4. The Balaban J connectivity index is 2.20. The molecule has 1 aromatic rings. The molecule has 0 heterocycles. The minimum Gasteiger partial charge on any atom is -0.0774 e. The number of hydrogen-bond donors (Lipinski definition) is 0. The maximum Gasteiger partial charge on any atom is -0.00853 e. The standard InChI is InChI=1S/C16H20/c1-3-16(4-2)12-10-15(11-13-16)14-8-6-5-7-9-14/h5-12H,3-4,13H2,1-2H3. The first kappa shape index (κ1) is 11.2. The highest BCUT2D eigenvalue weighted by atomic mass is 14.3. The highest BCUT2D eigenvalue weighted by Crippen LogP contribution is 2.38. The van der Waals surface area contributed by atoms with E-state index >= 15 is 0 Å². The molecule has 0 N–H and O–H groups in total. The Morgan fingerprint density at radius 1 is 1.06 bits per heavy atom. The molecule has 84 valence electrons. The Bertz CT molecular complexity index is 391. The van der Waals surface area contributed by atoms with Crippen LogP contribution < -0.4 is 0 Å². The van der Waals surface area contributed by atoms with E-state index in [2.05, 4.69) is 62.4 Å². The van der Waals surface area contributed by atoms with E-state index in [1.54, 1.807) is 0 Å². The van der Waals surface area contributed by atoms with Crippen LogP contribution in [0.5, 0.6) is 0 Å². The highest BCUT2D eigenvalue weighted by molar-refractivity contribution is 5.75. The van der Waals surface area contributed by atoms with Gasteiger partial charge in [-0.25, -0.2) is 0 Å². The topological polar surface area (TPSA) is 0 Å². The first-order valence-electron chi connectivity index (χ1n) is 6.24. The molecule has 16 heavy (non-hydrogen) atoms. The molecule has 0 aromatic heterocycles. The SMILES string of the molecule is CCC1(CC)C=CC(c2ccccc2)=CC1. The summed E-state index contributed by atoms with van der Waals surface area (Å²) in [7, 11) is 0. The van der Waals surface area contributed by atoms with Gasteiger partial charge in [-0.05, 0) is 35.8 Å². The minimum atomic E-state index is 0.415. The van der Waals surface area contributed by atoms with Gasteiger partial charge in [0.25, 0.3) is 0 Å². The van der Waals surface area contributed by atoms with E-state index < -0.39 is 0 Å². The first-order valence-corrected chi connectivity index (χ1v) is 6.24. The molecule has 0 nitrogen and oxygen atoms in total. The molecule has 0 bridgehead atoms. The van der Waals surface area contributed by atoms with E-state index in [4.69, 9.17) is 0 Å². The first-order chi connectivity index (χ1) is 7.79. The van der Waals surface area contributed by atoms with Crippen molar-refractivity contribution in [2.75, 3.05) is 0 Å². The third-order valence-electron chi connectivity index (χ3n) is 3.86. The van der Waals surface area contributed by atoms with E-state index in [-0.39, 0.29) is 0 Å². The second kappa shape index (κ2) is 4.69. The summed E-state index contributed by atoms with van der Waals surface area (Å²) in [4.78, 5) is 0. The fraction of sp³-hybridized carbons (Fsp3) is 0.375. The van der Waals surface area contributed by atoms with Crippen LogP contribution in [0.3, 0.4) is 0 Å². The third kappa shape index (κ3) is 2.11. The Morgan fingerprint density at radius 3 is 2.25 bits per heavy atom. The summed E-state index contributed by atoms with van der Waals surface area (Å²) in [5.74, 6) is 0. The fourth-order valence-electron chi connectivity index (χ4n) is 2.33. The van der Waals surface area contributed by atoms with Gasteiger partial charge in [-0.1, -0.05) is 62.4 Å². The molecule has 0 atom stereocenters. The molecule has 1 aliphatic carbocycles. The number of allylic oxidation sites excluding steroid dienone is 4. The van der Waals surface area contributed by atoms with Crippen LogP contribution >= 0.6 is 0 Å². The molecule has 0 unspecified atom stereocenters. The number of rotatable bonds is 3. The quantitative estimate of drug-likeness (QED) is 0.672. The second-order valence-corrected chi connectivity index (χ2v) is 4.63. The summed E-state index contributed by atoms with van der Waals surface area (Å²) in [6, 6.07) is 10.6. The predicted octanol–water partition coefficient (Wildman–Crippen LogP) is 4.84. The zero-order valence-corrected chi connectivity index (χ0v) is 10.2. The summed E-state index contributed by atoms with van der Waals surface area (Å²) in [6.45, 7) is 4.57. The normalized spacial score (nSPS) is 18.2. The van der Waals surface area contributed by atoms with Gasteiger partial charge in [-0.3, -0.25) is 0 Å². The van der Waals surface area contributed by atoms with Crippen molar-refractivity contribution in [1.29, 1.82) is 0 Å². The van der Waals surface area contributed by atoms with Gasteiger partial charge in [0.15, 0.2) is 0 Å². The summed E-state index contributed by atoms with van der Waals surface area (Å²) in [6.07, 6.45) is 10.8. The number of benzene rings is 1. The molecular formula is C16H20.